The molecule has 156 valence electrons. The lowest BCUT2D eigenvalue weighted by Crippen LogP contribution is -2.21. The van der Waals surface area contributed by atoms with E-state index in [1.807, 2.05) is 42.5 Å². The minimum atomic E-state index is -0.302. The summed E-state index contributed by atoms with van der Waals surface area (Å²) < 4.78 is 16.4. The predicted molar refractivity (Wildman–Crippen MR) is 119 cm³/mol. The van der Waals surface area contributed by atoms with Gasteiger partial charge in [-0.15, -0.1) is 0 Å². The van der Waals surface area contributed by atoms with Gasteiger partial charge in [0.15, 0.2) is 12.4 Å². The van der Waals surface area contributed by atoms with Crippen molar-refractivity contribution in [2.45, 2.75) is 6.42 Å². The fourth-order valence-corrected chi connectivity index (χ4v) is 3.15. The molecule has 0 heterocycles. The Hall–Kier alpha value is -3.02. The molecule has 1 amide bonds. The molecule has 0 saturated carbocycles. The largest absolute Gasteiger partial charge is 0.487 e. The lowest BCUT2D eigenvalue weighted by atomic mass is 10.0. The highest BCUT2D eigenvalue weighted by molar-refractivity contribution is 6.32. The van der Waals surface area contributed by atoms with Crippen LogP contribution in [-0.4, -0.2) is 32.8 Å². The Labute approximate surface area is 181 Å². The van der Waals surface area contributed by atoms with E-state index in [0.717, 1.165) is 12.0 Å². The topological polar surface area (TPSA) is 56.8 Å². The molecule has 0 radical (unpaired) electrons. The summed E-state index contributed by atoms with van der Waals surface area (Å²) >= 11 is 6.21. The van der Waals surface area contributed by atoms with Crippen molar-refractivity contribution in [3.05, 3.63) is 88.9 Å². The molecule has 0 atom stereocenters. The first kappa shape index (κ1) is 21.7. The normalized spacial score (nSPS) is 10.5. The lowest BCUT2D eigenvalue weighted by molar-refractivity contribution is -0.118. The molecule has 3 rings (SSSR count). The second kappa shape index (κ2) is 11.2. The SMILES string of the molecule is COCCOc1c(Cl)cccc1NC(=O)COc1ccccc1Cc1ccccc1. The summed E-state index contributed by atoms with van der Waals surface area (Å²) in [4.78, 5) is 12.5. The molecular formula is C24H24ClNO4. The molecule has 3 aromatic rings. The maximum atomic E-state index is 12.5. The number of ether oxygens (including phenoxy) is 3. The molecule has 30 heavy (non-hydrogen) atoms. The Morgan fingerprint density at radius 2 is 1.67 bits per heavy atom. The van der Waals surface area contributed by atoms with E-state index in [9.17, 15) is 4.79 Å². The molecule has 0 aliphatic rings. The van der Waals surface area contributed by atoms with Crippen LogP contribution in [0.3, 0.4) is 0 Å². The van der Waals surface area contributed by atoms with Crippen molar-refractivity contribution in [2.24, 2.45) is 0 Å². The highest BCUT2D eigenvalue weighted by Crippen LogP contribution is 2.33. The first-order chi connectivity index (χ1) is 14.7. The Morgan fingerprint density at radius 1 is 0.900 bits per heavy atom. The molecular weight excluding hydrogens is 402 g/mol. The number of carbonyl (C=O) groups is 1. The van der Waals surface area contributed by atoms with Gasteiger partial charge >= 0.3 is 0 Å². The number of halogens is 1. The van der Waals surface area contributed by atoms with E-state index in [4.69, 9.17) is 25.8 Å². The molecule has 0 aromatic heterocycles. The Bertz CT molecular complexity index is 962. The van der Waals surface area contributed by atoms with Gasteiger partial charge in [0.2, 0.25) is 0 Å². The molecule has 0 unspecified atom stereocenters. The van der Waals surface area contributed by atoms with Gasteiger partial charge in [0.05, 0.1) is 17.3 Å². The van der Waals surface area contributed by atoms with Crippen LogP contribution in [0.25, 0.3) is 0 Å². The van der Waals surface area contributed by atoms with Gasteiger partial charge in [-0.25, -0.2) is 0 Å². The van der Waals surface area contributed by atoms with Crippen LogP contribution in [0.5, 0.6) is 11.5 Å². The quantitative estimate of drug-likeness (QED) is 0.466. The monoisotopic (exact) mass is 425 g/mol. The minimum Gasteiger partial charge on any atom is -0.487 e. The van der Waals surface area contributed by atoms with Crippen LogP contribution in [0.4, 0.5) is 5.69 Å². The molecule has 0 saturated heterocycles. The summed E-state index contributed by atoms with van der Waals surface area (Å²) in [5.74, 6) is 0.789. The summed E-state index contributed by atoms with van der Waals surface area (Å²) in [6.07, 6.45) is 0.727. The molecule has 3 aromatic carbocycles. The van der Waals surface area contributed by atoms with Gasteiger partial charge in [0.1, 0.15) is 12.4 Å². The third-order valence-corrected chi connectivity index (χ3v) is 4.64. The standard InChI is InChI=1S/C24H24ClNO4/c1-28-14-15-29-24-20(25)11-7-12-21(24)26-23(27)17-30-22-13-6-5-10-19(22)16-18-8-3-2-4-9-18/h2-13H,14-17H2,1H3,(H,26,27). The van der Waals surface area contributed by atoms with E-state index in [-0.39, 0.29) is 12.5 Å². The number of carbonyl (C=O) groups excluding carboxylic acids is 1. The number of benzene rings is 3. The van der Waals surface area contributed by atoms with Crippen LogP contribution in [0.2, 0.25) is 5.02 Å². The van der Waals surface area contributed by atoms with E-state index in [1.165, 1.54) is 5.56 Å². The Kier molecular flexibility index (Phi) is 8.12. The number of para-hydroxylation sites is 2. The number of amides is 1. The smallest absolute Gasteiger partial charge is 0.262 e. The third kappa shape index (κ3) is 6.24. The summed E-state index contributed by atoms with van der Waals surface area (Å²) in [6.45, 7) is 0.613. The number of methoxy groups -OCH3 is 1. The average Bonchev–Trinajstić information content (AvgIpc) is 2.76. The van der Waals surface area contributed by atoms with Crippen molar-refractivity contribution in [2.75, 3.05) is 32.2 Å². The maximum Gasteiger partial charge on any atom is 0.262 e. The zero-order valence-electron chi connectivity index (χ0n) is 16.8. The van der Waals surface area contributed by atoms with Crippen LogP contribution in [0.15, 0.2) is 72.8 Å². The predicted octanol–water partition coefficient (Wildman–Crippen LogP) is 4.97. The minimum absolute atomic E-state index is 0.129. The second-order valence-corrected chi connectivity index (χ2v) is 6.97. The summed E-state index contributed by atoms with van der Waals surface area (Å²) in [6, 6.07) is 23.0. The second-order valence-electron chi connectivity index (χ2n) is 6.56. The molecule has 0 aliphatic carbocycles. The first-order valence-electron chi connectivity index (χ1n) is 9.62. The van der Waals surface area contributed by atoms with Gasteiger partial charge in [-0.3, -0.25) is 4.79 Å². The van der Waals surface area contributed by atoms with E-state index in [2.05, 4.69) is 17.4 Å². The van der Waals surface area contributed by atoms with Gasteiger partial charge in [-0.2, -0.15) is 0 Å². The number of rotatable bonds is 10. The molecule has 0 fully saturated rings. The highest BCUT2D eigenvalue weighted by Gasteiger charge is 2.13. The van der Waals surface area contributed by atoms with Crippen molar-refractivity contribution in [1.29, 1.82) is 0 Å². The van der Waals surface area contributed by atoms with Crippen molar-refractivity contribution >= 4 is 23.2 Å². The van der Waals surface area contributed by atoms with E-state index in [0.29, 0.717) is 35.4 Å². The summed E-state index contributed by atoms with van der Waals surface area (Å²) in [5, 5.41) is 3.22. The van der Waals surface area contributed by atoms with Gasteiger partial charge in [-0.1, -0.05) is 66.2 Å². The van der Waals surface area contributed by atoms with Crippen molar-refractivity contribution in [1.82, 2.24) is 0 Å². The zero-order valence-corrected chi connectivity index (χ0v) is 17.5. The molecule has 0 aliphatic heterocycles. The van der Waals surface area contributed by atoms with Crippen molar-refractivity contribution in [3.63, 3.8) is 0 Å². The number of hydrogen-bond acceptors (Lipinski definition) is 4. The lowest BCUT2D eigenvalue weighted by Gasteiger charge is -2.15. The van der Waals surface area contributed by atoms with Gasteiger partial charge in [0, 0.05) is 13.5 Å². The molecule has 5 nitrogen and oxygen atoms in total. The van der Waals surface area contributed by atoms with Crippen molar-refractivity contribution < 1.29 is 19.0 Å². The van der Waals surface area contributed by atoms with Crippen molar-refractivity contribution in [3.8, 4) is 11.5 Å². The van der Waals surface area contributed by atoms with Crippen LogP contribution in [0.1, 0.15) is 11.1 Å². The molecule has 1 N–H and O–H groups in total. The van der Waals surface area contributed by atoms with Crippen LogP contribution < -0.4 is 14.8 Å². The molecule has 0 spiro atoms. The number of hydrogen-bond donors (Lipinski definition) is 1. The van der Waals surface area contributed by atoms with E-state index < -0.39 is 0 Å². The van der Waals surface area contributed by atoms with Gasteiger partial charge in [-0.05, 0) is 29.3 Å². The summed E-state index contributed by atoms with van der Waals surface area (Å²) in [5.41, 5.74) is 2.68. The fourth-order valence-electron chi connectivity index (χ4n) is 2.92. The zero-order chi connectivity index (χ0) is 21.2. The van der Waals surface area contributed by atoms with Gasteiger partial charge in [0.25, 0.3) is 5.91 Å². The molecule has 6 heteroatoms. The fraction of sp³-hybridized carbons (Fsp3) is 0.208. The van der Waals surface area contributed by atoms with Crippen LogP contribution >= 0.6 is 11.6 Å². The van der Waals surface area contributed by atoms with Crippen LogP contribution in [0, 0.1) is 0 Å². The van der Waals surface area contributed by atoms with E-state index >= 15 is 0 Å². The first-order valence-corrected chi connectivity index (χ1v) is 10.00. The van der Waals surface area contributed by atoms with E-state index in [1.54, 1.807) is 25.3 Å². The maximum absolute atomic E-state index is 12.5. The average molecular weight is 426 g/mol. The Morgan fingerprint density at radius 3 is 2.47 bits per heavy atom. The number of anilines is 1. The summed E-state index contributed by atoms with van der Waals surface area (Å²) in [7, 11) is 1.59. The Balaban J connectivity index is 1.63. The van der Waals surface area contributed by atoms with Crippen LogP contribution in [-0.2, 0) is 16.0 Å². The number of nitrogens with one attached hydrogen (secondary N) is 1. The van der Waals surface area contributed by atoms with Gasteiger partial charge < -0.3 is 19.5 Å². The third-order valence-electron chi connectivity index (χ3n) is 4.34. The highest BCUT2D eigenvalue weighted by atomic mass is 35.5. The molecule has 0 bridgehead atoms.